The number of hydrogen-bond acceptors (Lipinski definition) is 5. The molecule has 0 saturated heterocycles. The van der Waals surface area contributed by atoms with Gasteiger partial charge in [-0.2, -0.15) is 0 Å². The van der Waals surface area contributed by atoms with Crippen molar-refractivity contribution in [2.24, 2.45) is 17.1 Å². The van der Waals surface area contributed by atoms with E-state index in [0.29, 0.717) is 5.92 Å². The summed E-state index contributed by atoms with van der Waals surface area (Å²) in [5, 5.41) is 8.88. The van der Waals surface area contributed by atoms with E-state index < -0.39 is 0 Å². The molecule has 0 spiro atoms. The quantitative estimate of drug-likeness (QED) is 0.852. The van der Waals surface area contributed by atoms with Crippen LogP contribution in [0.5, 0.6) is 0 Å². The van der Waals surface area contributed by atoms with Crippen LogP contribution in [0.4, 0.5) is 0 Å². The predicted molar refractivity (Wildman–Crippen MR) is 93.4 cm³/mol. The molecule has 0 fully saturated rings. The number of nitrogens with two attached hydrogens (primary N) is 1. The Hall–Kier alpha value is -1.34. The van der Waals surface area contributed by atoms with Crippen LogP contribution in [0.3, 0.4) is 0 Å². The molecule has 0 aliphatic heterocycles. The Morgan fingerprint density at radius 3 is 2.86 bits per heavy atom. The first kappa shape index (κ1) is 15.6. The van der Waals surface area contributed by atoms with Gasteiger partial charge in [-0.05, 0) is 36.2 Å². The number of nitrogens with zero attached hydrogens (tertiary/aromatic N) is 3. The second-order valence-corrected chi connectivity index (χ2v) is 8.62. The van der Waals surface area contributed by atoms with E-state index in [1.807, 2.05) is 0 Å². The second-order valence-electron chi connectivity index (χ2n) is 7.01. The standard InChI is InChI=1S/C15H20N4OS2/c1-15(2,3)8-4-5-9-10(6-8)22-13-12(9)14(20)19(18-17-13)7-11(16)21/h8H,4-7H2,1-3H3,(H2,16,21). The maximum atomic E-state index is 12.6. The Morgan fingerprint density at radius 2 is 2.23 bits per heavy atom. The van der Waals surface area contributed by atoms with Crippen LogP contribution in [-0.4, -0.2) is 20.0 Å². The van der Waals surface area contributed by atoms with Gasteiger partial charge in [0.05, 0.1) is 16.9 Å². The van der Waals surface area contributed by atoms with Gasteiger partial charge in [0.25, 0.3) is 5.56 Å². The van der Waals surface area contributed by atoms with E-state index >= 15 is 0 Å². The molecule has 7 heteroatoms. The first-order valence-electron chi connectivity index (χ1n) is 7.43. The monoisotopic (exact) mass is 336 g/mol. The van der Waals surface area contributed by atoms with Gasteiger partial charge < -0.3 is 5.73 Å². The van der Waals surface area contributed by atoms with Gasteiger partial charge in [-0.15, -0.1) is 16.4 Å². The minimum absolute atomic E-state index is 0.121. The molecule has 1 aliphatic rings. The van der Waals surface area contributed by atoms with E-state index in [1.165, 1.54) is 9.56 Å². The molecular formula is C15H20N4OS2. The summed E-state index contributed by atoms with van der Waals surface area (Å²) >= 11 is 6.48. The average molecular weight is 336 g/mol. The largest absolute Gasteiger partial charge is 0.392 e. The molecule has 2 heterocycles. The van der Waals surface area contributed by atoms with Crippen molar-refractivity contribution in [3.05, 3.63) is 20.8 Å². The summed E-state index contributed by atoms with van der Waals surface area (Å²) in [6, 6.07) is 0. The van der Waals surface area contributed by atoms with Crippen LogP contribution in [0.1, 0.15) is 37.6 Å². The maximum absolute atomic E-state index is 12.6. The number of rotatable bonds is 2. The van der Waals surface area contributed by atoms with Crippen molar-refractivity contribution in [2.45, 2.75) is 46.6 Å². The number of fused-ring (bicyclic) bond motifs is 3. The van der Waals surface area contributed by atoms with Crippen LogP contribution >= 0.6 is 23.6 Å². The lowest BCUT2D eigenvalue weighted by Gasteiger charge is -2.33. The molecule has 5 nitrogen and oxygen atoms in total. The van der Waals surface area contributed by atoms with Gasteiger partial charge in [0.2, 0.25) is 0 Å². The van der Waals surface area contributed by atoms with E-state index in [-0.39, 0.29) is 22.5 Å². The van der Waals surface area contributed by atoms with Crippen molar-refractivity contribution in [1.29, 1.82) is 0 Å². The number of thiophene rings is 1. The van der Waals surface area contributed by atoms with Crippen molar-refractivity contribution in [3.8, 4) is 0 Å². The minimum atomic E-state index is -0.121. The maximum Gasteiger partial charge on any atom is 0.279 e. The average Bonchev–Trinajstić information content (AvgIpc) is 2.78. The zero-order valence-electron chi connectivity index (χ0n) is 13.0. The summed E-state index contributed by atoms with van der Waals surface area (Å²) in [6.07, 6.45) is 3.07. The molecule has 3 rings (SSSR count). The molecule has 0 radical (unpaired) electrons. The van der Waals surface area contributed by atoms with Gasteiger partial charge in [-0.1, -0.05) is 38.2 Å². The number of aryl methyl sites for hydroxylation is 1. The van der Waals surface area contributed by atoms with Gasteiger partial charge in [0.15, 0.2) is 4.83 Å². The SMILES string of the molecule is CC(C)(C)C1CCc2c(sc3nnn(CC(N)=S)c(=O)c23)C1. The zero-order chi connectivity index (χ0) is 16.1. The predicted octanol–water partition coefficient (Wildman–Crippen LogP) is 2.29. The molecule has 1 unspecified atom stereocenters. The Kier molecular flexibility index (Phi) is 3.81. The molecule has 1 atom stereocenters. The highest BCUT2D eigenvalue weighted by Crippen LogP contribution is 2.41. The van der Waals surface area contributed by atoms with Crippen molar-refractivity contribution >= 4 is 38.8 Å². The third kappa shape index (κ3) is 2.67. The van der Waals surface area contributed by atoms with Crippen LogP contribution < -0.4 is 11.3 Å². The zero-order valence-corrected chi connectivity index (χ0v) is 14.7. The van der Waals surface area contributed by atoms with Gasteiger partial charge in [0.1, 0.15) is 0 Å². The van der Waals surface area contributed by atoms with E-state index in [4.69, 9.17) is 18.0 Å². The highest BCUT2D eigenvalue weighted by atomic mass is 32.1. The smallest absolute Gasteiger partial charge is 0.279 e. The molecule has 22 heavy (non-hydrogen) atoms. The van der Waals surface area contributed by atoms with Crippen molar-refractivity contribution in [1.82, 2.24) is 15.0 Å². The summed E-state index contributed by atoms with van der Waals surface area (Å²) < 4.78 is 1.27. The van der Waals surface area contributed by atoms with E-state index in [0.717, 1.165) is 35.0 Å². The number of aromatic nitrogens is 3. The Morgan fingerprint density at radius 1 is 1.50 bits per heavy atom. The van der Waals surface area contributed by atoms with Crippen molar-refractivity contribution < 1.29 is 0 Å². The number of hydrogen-bond donors (Lipinski definition) is 1. The number of thiocarbonyl (C=S) groups is 1. The Balaban J connectivity index is 2.08. The molecule has 0 bridgehead atoms. The lowest BCUT2D eigenvalue weighted by molar-refractivity contribution is 0.218. The molecule has 2 aromatic rings. The molecule has 2 aromatic heterocycles. The first-order valence-corrected chi connectivity index (χ1v) is 8.66. The molecule has 1 aliphatic carbocycles. The topological polar surface area (TPSA) is 73.8 Å². The lowest BCUT2D eigenvalue weighted by Crippen LogP contribution is -2.30. The molecule has 2 N–H and O–H groups in total. The highest BCUT2D eigenvalue weighted by Gasteiger charge is 2.31. The van der Waals surface area contributed by atoms with Crippen LogP contribution in [0.25, 0.3) is 10.2 Å². The van der Waals surface area contributed by atoms with Gasteiger partial charge in [-0.25, -0.2) is 4.68 Å². The van der Waals surface area contributed by atoms with E-state index in [2.05, 4.69) is 31.1 Å². The third-order valence-corrected chi connectivity index (χ3v) is 5.74. The highest BCUT2D eigenvalue weighted by molar-refractivity contribution is 7.80. The van der Waals surface area contributed by atoms with Crippen LogP contribution in [-0.2, 0) is 19.4 Å². The summed E-state index contributed by atoms with van der Waals surface area (Å²) in [5.74, 6) is 0.639. The first-order chi connectivity index (χ1) is 10.3. The minimum Gasteiger partial charge on any atom is -0.392 e. The fraction of sp³-hybridized carbons (Fsp3) is 0.600. The summed E-state index contributed by atoms with van der Waals surface area (Å²) in [7, 11) is 0. The molecule has 0 saturated carbocycles. The van der Waals surface area contributed by atoms with Gasteiger partial charge in [0, 0.05) is 4.88 Å². The second kappa shape index (κ2) is 5.38. The van der Waals surface area contributed by atoms with Crippen molar-refractivity contribution in [2.75, 3.05) is 0 Å². The molecular weight excluding hydrogens is 316 g/mol. The lowest BCUT2D eigenvalue weighted by atomic mass is 9.72. The summed E-state index contributed by atoms with van der Waals surface area (Å²) in [6.45, 7) is 6.99. The Bertz CT molecular complexity index is 800. The third-order valence-electron chi connectivity index (χ3n) is 4.47. The van der Waals surface area contributed by atoms with E-state index in [9.17, 15) is 4.79 Å². The molecule has 118 valence electrons. The van der Waals surface area contributed by atoms with Crippen LogP contribution in [0, 0.1) is 11.3 Å². The summed E-state index contributed by atoms with van der Waals surface area (Å²) in [5.41, 5.74) is 6.85. The molecule has 0 aromatic carbocycles. The Labute approximate surface area is 138 Å². The molecule has 0 amide bonds. The van der Waals surface area contributed by atoms with E-state index in [1.54, 1.807) is 11.3 Å². The fourth-order valence-corrected chi connectivity index (χ4v) is 4.47. The van der Waals surface area contributed by atoms with Crippen LogP contribution in [0.15, 0.2) is 4.79 Å². The fourth-order valence-electron chi connectivity index (χ4n) is 3.12. The normalized spacial score (nSPS) is 18.4. The van der Waals surface area contributed by atoms with Crippen LogP contribution in [0.2, 0.25) is 0 Å². The van der Waals surface area contributed by atoms with Gasteiger partial charge >= 0.3 is 0 Å². The summed E-state index contributed by atoms with van der Waals surface area (Å²) in [4.78, 5) is 14.9. The van der Waals surface area contributed by atoms with Crippen molar-refractivity contribution in [3.63, 3.8) is 0 Å². The van der Waals surface area contributed by atoms with Gasteiger partial charge in [-0.3, -0.25) is 4.79 Å².